The molecule has 1 saturated heterocycles. The minimum absolute atomic E-state index is 0.0341. The molecular weight excluding hydrogens is 310 g/mol. The van der Waals surface area contributed by atoms with Crippen LogP contribution in [0, 0.1) is 12.8 Å². The average Bonchev–Trinajstić information content (AvgIpc) is 3.00. The molecule has 0 spiro atoms. The van der Waals surface area contributed by atoms with Gasteiger partial charge in [-0.25, -0.2) is 0 Å². The van der Waals surface area contributed by atoms with Gasteiger partial charge in [-0.15, -0.1) is 0 Å². The van der Waals surface area contributed by atoms with Crippen LogP contribution in [0.25, 0.3) is 11.0 Å². The molecule has 128 valence electrons. The van der Waals surface area contributed by atoms with Crippen molar-refractivity contribution >= 4 is 16.9 Å². The largest absolute Gasteiger partial charge is 0.451 e. The number of nitrogens with zero attached hydrogens (tertiary/aromatic N) is 1. The van der Waals surface area contributed by atoms with Crippen LogP contribution in [-0.4, -0.2) is 23.9 Å². The lowest BCUT2D eigenvalue weighted by atomic mass is 9.90. The van der Waals surface area contributed by atoms with Crippen molar-refractivity contribution in [1.29, 1.82) is 0 Å². The zero-order valence-electron chi connectivity index (χ0n) is 14.6. The summed E-state index contributed by atoms with van der Waals surface area (Å²) in [6.45, 7) is 3.60. The molecule has 3 nitrogen and oxygen atoms in total. The van der Waals surface area contributed by atoms with Gasteiger partial charge in [0.2, 0.25) is 0 Å². The van der Waals surface area contributed by atoms with Gasteiger partial charge < -0.3 is 9.32 Å². The number of rotatable bonds is 3. The number of amides is 1. The summed E-state index contributed by atoms with van der Waals surface area (Å²) in [7, 11) is 0. The maximum atomic E-state index is 12.9. The highest BCUT2D eigenvalue weighted by Gasteiger charge is 2.27. The normalized spacial score (nSPS) is 15.6. The highest BCUT2D eigenvalue weighted by atomic mass is 16.3. The van der Waals surface area contributed by atoms with E-state index in [1.54, 1.807) is 0 Å². The van der Waals surface area contributed by atoms with E-state index < -0.39 is 0 Å². The van der Waals surface area contributed by atoms with Crippen LogP contribution in [0.15, 0.2) is 59.0 Å². The third-order valence-corrected chi connectivity index (χ3v) is 5.31. The SMILES string of the molecule is Cc1c(C(=O)N2CCC(Cc3ccccc3)CC2)oc2ccccc12. The van der Waals surface area contributed by atoms with E-state index in [0.29, 0.717) is 11.7 Å². The average molecular weight is 333 g/mol. The van der Waals surface area contributed by atoms with Crippen LogP contribution in [0.3, 0.4) is 0 Å². The number of furan rings is 1. The Kier molecular flexibility index (Phi) is 4.31. The number of piperidine rings is 1. The molecule has 0 aliphatic carbocycles. The Morgan fingerprint density at radius 3 is 2.44 bits per heavy atom. The second-order valence-corrected chi connectivity index (χ2v) is 6.98. The number of benzene rings is 2. The van der Waals surface area contributed by atoms with Crippen LogP contribution in [0.5, 0.6) is 0 Å². The molecule has 1 fully saturated rings. The van der Waals surface area contributed by atoms with Gasteiger partial charge in [0.05, 0.1) is 0 Å². The van der Waals surface area contributed by atoms with E-state index in [2.05, 4.69) is 30.3 Å². The predicted octanol–water partition coefficient (Wildman–Crippen LogP) is 4.84. The quantitative estimate of drug-likeness (QED) is 0.687. The molecule has 0 bridgehead atoms. The molecule has 0 radical (unpaired) electrons. The summed E-state index contributed by atoms with van der Waals surface area (Å²) < 4.78 is 5.85. The summed E-state index contributed by atoms with van der Waals surface area (Å²) >= 11 is 0. The highest BCUT2D eigenvalue weighted by molar-refractivity contribution is 5.98. The van der Waals surface area contributed by atoms with E-state index in [1.165, 1.54) is 5.56 Å². The van der Waals surface area contributed by atoms with E-state index >= 15 is 0 Å². The first-order valence-electron chi connectivity index (χ1n) is 9.03. The first kappa shape index (κ1) is 15.9. The predicted molar refractivity (Wildman–Crippen MR) is 99.7 cm³/mol. The smallest absolute Gasteiger partial charge is 0.289 e. The van der Waals surface area contributed by atoms with Gasteiger partial charge in [-0.05, 0) is 43.7 Å². The molecule has 4 rings (SSSR count). The highest BCUT2D eigenvalue weighted by Crippen LogP contribution is 2.28. The lowest BCUT2D eigenvalue weighted by molar-refractivity contribution is 0.0660. The summed E-state index contributed by atoms with van der Waals surface area (Å²) in [6, 6.07) is 18.5. The molecule has 25 heavy (non-hydrogen) atoms. The number of carbonyl (C=O) groups is 1. The summed E-state index contributed by atoms with van der Waals surface area (Å²) in [5.41, 5.74) is 3.13. The second kappa shape index (κ2) is 6.75. The number of fused-ring (bicyclic) bond motifs is 1. The molecular formula is C22H23NO2. The summed E-state index contributed by atoms with van der Waals surface area (Å²) in [4.78, 5) is 14.8. The lowest BCUT2D eigenvalue weighted by Crippen LogP contribution is -2.39. The van der Waals surface area contributed by atoms with Gasteiger partial charge in [-0.3, -0.25) is 4.79 Å². The summed E-state index contributed by atoms with van der Waals surface area (Å²) in [6.07, 6.45) is 3.21. The molecule has 3 aromatic rings. The molecule has 3 heteroatoms. The minimum Gasteiger partial charge on any atom is -0.451 e. The number of likely N-dealkylation sites (tertiary alicyclic amines) is 1. The third kappa shape index (κ3) is 3.19. The Morgan fingerprint density at radius 2 is 1.72 bits per heavy atom. The van der Waals surface area contributed by atoms with Crippen molar-refractivity contribution in [1.82, 2.24) is 4.90 Å². The lowest BCUT2D eigenvalue weighted by Gasteiger charge is -2.31. The van der Waals surface area contributed by atoms with Gasteiger partial charge in [0.15, 0.2) is 5.76 Å². The molecule has 1 amide bonds. The van der Waals surface area contributed by atoms with E-state index in [-0.39, 0.29) is 5.91 Å². The zero-order valence-corrected chi connectivity index (χ0v) is 14.6. The van der Waals surface area contributed by atoms with E-state index in [9.17, 15) is 4.79 Å². The molecule has 0 N–H and O–H groups in total. The minimum atomic E-state index is 0.0341. The van der Waals surface area contributed by atoms with Crippen molar-refractivity contribution in [3.05, 3.63) is 71.5 Å². The third-order valence-electron chi connectivity index (χ3n) is 5.31. The first-order chi connectivity index (χ1) is 12.2. The van der Waals surface area contributed by atoms with Gasteiger partial charge >= 0.3 is 0 Å². The van der Waals surface area contributed by atoms with Gasteiger partial charge in [-0.2, -0.15) is 0 Å². The number of hydrogen-bond acceptors (Lipinski definition) is 2. The van der Waals surface area contributed by atoms with Crippen molar-refractivity contribution in [2.75, 3.05) is 13.1 Å². The number of para-hydroxylation sites is 1. The fraction of sp³-hybridized carbons (Fsp3) is 0.318. The van der Waals surface area contributed by atoms with E-state index in [0.717, 1.165) is 48.9 Å². The number of aryl methyl sites for hydroxylation is 1. The zero-order chi connectivity index (χ0) is 17.2. The van der Waals surface area contributed by atoms with E-state index in [1.807, 2.05) is 36.1 Å². The fourth-order valence-electron chi connectivity index (χ4n) is 3.81. The number of carbonyl (C=O) groups excluding carboxylic acids is 1. The van der Waals surface area contributed by atoms with Crippen LogP contribution >= 0.6 is 0 Å². The molecule has 0 atom stereocenters. The van der Waals surface area contributed by atoms with Crippen LogP contribution in [0.2, 0.25) is 0 Å². The summed E-state index contributed by atoms with van der Waals surface area (Å²) in [5.74, 6) is 1.19. The molecule has 1 aromatic heterocycles. The van der Waals surface area contributed by atoms with Crippen molar-refractivity contribution in [3.8, 4) is 0 Å². The molecule has 1 aliphatic rings. The molecule has 2 aromatic carbocycles. The van der Waals surface area contributed by atoms with Crippen LogP contribution in [-0.2, 0) is 6.42 Å². The molecule has 1 aliphatic heterocycles. The summed E-state index contributed by atoms with van der Waals surface area (Å²) in [5, 5.41) is 1.03. The van der Waals surface area contributed by atoms with Crippen molar-refractivity contribution in [2.45, 2.75) is 26.2 Å². The van der Waals surface area contributed by atoms with Crippen molar-refractivity contribution < 1.29 is 9.21 Å². The van der Waals surface area contributed by atoms with Gasteiger partial charge in [0.25, 0.3) is 5.91 Å². The van der Waals surface area contributed by atoms with Crippen LogP contribution < -0.4 is 0 Å². The Balaban J connectivity index is 1.43. The molecule has 2 heterocycles. The van der Waals surface area contributed by atoms with E-state index in [4.69, 9.17) is 4.42 Å². The Labute approximate surface area is 148 Å². The Hall–Kier alpha value is -2.55. The Morgan fingerprint density at radius 1 is 1.04 bits per heavy atom. The van der Waals surface area contributed by atoms with Gasteiger partial charge in [0, 0.05) is 24.0 Å². The second-order valence-electron chi connectivity index (χ2n) is 6.98. The first-order valence-corrected chi connectivity index (χ1v) is 9.03. The maximum absolute atomic E-state index is 12.9. The Bertz CT molecular complexity index is 873. The monoisotopic (exact) mass is 333 g/mol. The van der Waals surface area contributed by atoms with Gasteiger partial charge in [0.1, 0.15) is 5.58 Å². The molecule has 0 unspecified atom stereocenters. The van der Waals surface area contributed by atoms with Crippen molar-refractivity contribution in [3.63, 3.8) is 0 Å². The van der Waals surface area contributed by atoms with Crippen LogP contribution in [0.1, 0.15) is 34.5 Å². The fourth-order valence-corrected chi connectivity index (χ4v) is 3.81. The topological polar surface area (TPSA) is 33.5 Å². The van der Waals surface area contributed by atoms with Crippen LogP contribution in [0.4, 0.5) is 0 Å². The standard InChI is InChI=1S/C22H23NO2/c1-16-19-9-5-6-10-20(19)25-21(16)22(24)23-13-11-18(12-14-23)15-17-7-3-2-4-8-17/h2-10,18H,11-15H2,1H3. The maximum Gasteiger partial charge on any atom is 0.289 e. The number of hydrogen-bond donors (Lipinski definition) is 0. The molecule has 0 saturated carbocycles. The van der Waals surface area contributed by atoms with Gasteiger partial charge in [-0.1, -0.05) is 48.5 Å². The van der Waals surface area contributed by atoms with Crippen molar-refractivity contribution in [2.24, 2.45) is 5.92 Å².